The molecule has 2 heterocycles. The predicted molar refractivity (Wildman–Crippen MR) is 52.7 cm³/mol. The number of nitrogens with zero attached hydrogens (tertiary/aromatic N) is 2. The average Bonchev–Trinajstić information content (AvgIpc) is 2.40. The molecule has 0 radical (unpaired) electrons. The first-order chi connectivity index (χ1) is 6.14. The molecule has 2 rings (SSSR count). The van der Waals surface area contributed by atoms with E-state index in [0.29, 0.717) is 0 Å². The van der Waals surface area contributed by atoms with Crippen molar-refractivity contribution < 1.29 is 4.79 Å². The van der Waals surface area contributed by atoms with Crippen molar-refractivity contribution in [2.24, 2.45) is 11.3 Å². The molecule has 1 amide bonds. The molecule has 0 aromatic carbocycles. The van der Waals surface area contributed by atoms with Crippen LogP contribution in [0.15, 0.2) is 0 Å². The molecule has 0 bridgehead atoms. The van der Waals surface area contributed by atoms with Gasteiger partial charge < -0.3 is 0 Å². The van der Waals surface area contributed by atoms with Gasteiger partial charge >= 0.3 is 0 Å². The molecular weight excluding hydrogens is 186 g/mol. The Morgan fingerprint density at radius 3 is 2.23 bits per heavy atom. The van der Waals surface area contributed by atoms with E-state index < -0.39 is 0 Å². The third-order valence-electron chi connectivity index (χ3n) is 3.25. The van der Waals surface area contributed by atoms with Crippen LogP contribution in [0, 0.1) is 5.41 Å². The van der Waals surface area contributed by atoms with Gasteiger partial charge in [-0.2, -0.15) is 0 Å². The molecule has 0 saturated carbocycles. The van der Waals surface area contributed by atoms with E-state index in [-0.39, 0.29) is 11.3 Å². The van der Waals surface area contributed by atoms with Gasteiger partial charge in [0.05, 0.1) is 5.41 Å². The second-order valence-corrected chi connectivity index (χ2v) is 4.48. The van der Waals surface area contributed by atoms with Gasteiger partial charge in [0.25, 0.3) is 0 Å². The fraction of sp³-hybridized carbons (Fsp3) is 0.875. The highest BCUT2D eigenvalue weighted by Gasteiger charge is 2.46. The van der Waals surface area contributed by atoms with Crippen LogP contribution in [0.4, 0.5) is 0 Å². The Bertz CT molecular complexity index is 225. The zero-order valence-electron chi connectivity index (χ0n) is 7.57. The molecule has 74 valence electrons. The Labute approximate surface area is 83.6 Å². The number of thiol groups is 1. The molecule has 4 nitrogen and oxygen atoms in total. The number of rotatable bonds is 0. The van der Waals surface area contributed by atoms with Gasteiger partial charge in [0, 0.05) is 19.6 Å². The van der Waals surface area contributed by atoms with Crippen molar-refractivity contribution in [3.05, 3.63) is 0 Å². The number of hydrogen-bond donors (Lipinski definition) is 2. The second-order valence-electron chi connectivity index (χ2n) is 3.99. The van der Waals surface area contributed by atoms with Crippen LogP contribution >= 0.6 is 12.8 Å². The van der Waals surface area contributed by atoms with Crippen LogP contribution in [-0.2, 0) is 4.79 Å². The van der Waals surface area contributed by atoms with E-state index in [9.17, 15) is 4.79 Å². The van der Waals surface area contributed by atoms with E-state index in [1.165, 1.54) is 0 Å². The van der Waals surface area contributed by atoms with Gasteiger partial charge in [0.1, 0.15) is 0 Å². The summed E-state index contributed by atoms with van der Waals surface area (Å²) in [5.74, 6) is 5.85. The van der Waals surface area contributed by atoms with Crippen molar-refractivity contribution in [3.8, 4) is 0 Å². The van der Waals surface area contributed by atoms with Crippen LogP contribution in [0.3, 0.4) is 0 Å². The van der Waals surface area contributed by atoms with Gasteiger partial charge in [-0.05, 0) is 19.3 Å². The molecule has 0 atom stereocenters. The number of carbonyl (C=O) groups excluding carboxylic acids is 1. The van der Waals surface area contributed by atoms with Gasteiger partial charge in [-0.25, -0.2) is 5.01 Å². The minimum atomic E-state index is -0.127. The third kappa shape index (κ3) is 1.45. The zero-order valence-corrected chi connectivity index (χ0v) is 8.46. The fourth-order valence-corrected chi connectivity index (χ4v) is 2.53. The lowest BCUT2D eigenvalue weighted by molar-refractivity contribution is -0.134. The zero-order chi connectivity index (χ0) is 9.47. The molecule has 2 fully saturated rings. The summed E-state index contributed by atoms with van der Waals surface area (Å²) < 4.78 is 1.55. The summed E-state index contributed by atoms with van der Waals surface area (Å²) in [7, 11) is 0. The Balaban J connectivity index is 2.09. The molecule has 2 aliphatic heterocycles. The molecule has 0 aliphatic carbocycles. The summed E-state index contributed by atoms with van der Waals surface area (Å²) in [4.78, 5) is 11.8. The van der Waals surface area contributed by atoms with Crippen LogP contribution in [0.2, 0.25) is 0 Å². The quantitative estimate of drug-likeness (QED) is 0.429. The Morgan fingerprint density at radius 2 is 1.77 bits per heavy atom. The van der Waals surface area contributed by atoms with Crippen molar-refractivity contribution >= 4 is 18.7 Å². The molecule has 0 aromatic heterocycles. The lowest BCUT2D eigenvalue weighted by atomic mass is 9.77. The summed E-state index contributed by atoms with van der Waals surface area (Å²) in [5, 5.41) is 1.79. The number of hydrogen-bond acceptors (Lipinski definition) is 4. The van der Waals surface area contributed by atoms with Crippen LogP contribution in [0.1, 0.15) is 19.3 Å². The maximum Gasteiger partial charge on any atom is 0.238 e. The summed E-state index contributed by atoms with van der Waals surface area (Å²) in [6.07, 6.45) is 2.72. The van der Waals surface area contributed by atoms with Gasteiger partial charge in [-0.3, -0.25) is 14.9 Å². The van der Waals surface area contributed by atoms with Crippen molar-refractivity contribution in [1.82, 2.24) is 9.31 Å². The minimum absolute atomic E-state index is 0.127. The second kappa shape index (κ2) is 3.15. The summed E-state index contributed by atoms with van der Waals surface area (Å²) in [6.45, 7) is 2.44. The lowest BCUT2D eigenvalue weighted by Crippen LogP contribution is -2.46. The first-order valence-corrected chi connectivity index (χ1v) is 5.05. The van der Waals surface area contributed by atoms with E-state index in [4.69, 9.17) is 5.84 Å². The van der Waals surface area contributed by atoms with E-state index in [1.807, 2.05) is 0 Å². The molecule has 0 unspecified atom stereocenters. The SMILES string of the molecule is NN1CCC2(CC1)CCN(S)C2=O. The maximum absolute atomic E-state index is 11.8. The first-order valence-electron chi connectivity index (χ1n) is 4.65. The van der Waals surface area contributed by atoms with Crippen LogP contribution in [-0.4, -0.2) is 34.9 Å². The number of amides is 1. The fourth-order valence-electron chi connectivity index (χ4n) is 2.22. The molecule has 0 aromatic rings. The average molecular weight is 201 g/mol. The van der Waals surface area contributed by atoms with Crippen molar-refractivity contribution in [3.63, 3.8) is 0 Å². The maximum atomic E-state index is 11.8. The molecular formula is C8H15N3OS. The van der Waals surface area contributed by atoms with Crippen molar-refractivity contribution in [2.45, 2.75) is 19.3 Å². The number of hydrazine groups is 1. The number of nitrogens with two attached hydrogens (primary N) is 1. The first kappa shape index (κ1) is 9.30. The third-order valence-corrected chi connectivity index (χ3v) is 3.63. The van der Waals surface area contributed by atoms with Gasteiger partial charge in [-0.1, -0.05) is 12.8 Å². The lowest BCUT2D eigenvalue weighted by Gasteiger charge is -2.35. The van der Waals surface area contributed by atoms with E-state index in [0.717, 1.165) is 38.9 Å². The standard InChI is InChI=1S/C8H15N3OS/c9-10-4-1-8(2-5-10)3-6-11(13)7(8)12/h13H,1-6,9H2. The van der Waals surface area contributed by atoms with Gasteiger partial charge in [0.2, 0.25) is 5.91 Å². The monoisotopic (exact) mass is 201 g/mol. The number of piperidine rings is 1. The van der Waals surface area contributed by atoms with E-state index in [1.54, 1.807) is 9.31 Å². The van der Waals surface area contributed by atoms with Crippen molar-refractivity contribution in [2.75, 3.05) is 19.6 Å². The highest BCUT2D eigenvalue weighted by molar-refractivity contribution is 7.78. The minimum Gasteiger partial charge on any atom is -0.289 e. The molecule has 2 N–H and O–H groups in total. The summed E-state index contributed by atoms with van der Waals surface area (Å²) >= 11 is 4.13. The molecule has 1 spiro atoms. The smallest absolute Gasteiger partial charge is 0.238 e. The van der Waals surface area contributed by atoms with E-state index >= 15 is 0 Å². The van der Waals surface area contributed by atoms with Gasteiger partial charge in [-0.15, -0.1) is 0 Å². The largest absolute Gasteiger partial charge is 0.289 e. The van der Waals surface area contributed by atoms with Crippen LogP contribution in [0.5, 0.6) is 0 Å². The molecule has 5 heteroatoms. The normalized spacial score (nSPS) is 28.8. The highest BCUT2D eigenvalue weighted by Crippen LogP contribution is 2.41. The van der Waals surface area contributed by atoms with Crippen LogP contribution in [0.25, 0.3) is 0 Å². The van der Waals surface area contributed by atoms with Crippen molar-refractivity contribution in [1.29, 1.82) is 0 Å². The van der Waals surface area contributed by atoms with Crippen LogP contribution < -0.4 is 5.84 Å². The van der Waals surface area contributed by atoms with Gasteiger partial charge in [0.15, 0.2) is 0 Å². The molecule has 2 saturated heterocycles. The Morgan fingerprint density at radius 1 is 1.23 bits per heavy atom. The molecule has 13 heavy (non-hydrogen) atoms. The Kier molecular flexibility index (Phi) is 2.25. The molecule has 2 aliphatic rings. The van der Waals surface area contributed by atoms with E-state index in [2.05, 4.69) is 12.8 Å². The highest BCUT2D eigenvalue weighted by atomic mass is 32.1. The summed E-state index contributed by atoms with van der Waals surface area (Å²) in [6, 6.07) is 0. The Hall–Kier alpha value is -0.260. The topological polar surface area (TPSA) is 49.6 Å². The predicted octanol–water partition coefficient (Wildman–Crippen LogP) is 0.0194. The number of carbonyl (C=O) groups is 1. The summed E-state index contributed by atoms with van der Waals surface area (Å²) in [5.41, 5.74) is -0.127.